The first-order chi connectivity index (χ1) is 9.47. The van der Waals surface area contributed by atoms with E-state index in [1.54, 1.807) is 6.07 Å². The molecule has 0 saturated carbocycles. The van der Waals surface area contributed by atoms with Gasteiger partial charge in [-0.05, 0) is 46.9 Å². The van der Waals surface area contributed by atoms with Gasteiger partial charge in [-0.3, -0.25) is 0 Å². The third-order valence-corrected chi connectivity index (χ3v) is 4.26. The van der Waals surface area contributed by atoms with Gasteiger partial charge in [0.1, 0.15) is 10.1 Å². The number of aryl methyl sites for hydroxylation is 2. The molecule has 5 heteroatoms. The summed E-state index contributed by atoms with van der Waals surface area (Å²) in [7, 11) is -4.41. The Balaban J connectivity index is 0.00000220. The van der Waals surface area contributed by atoms with E-state index < -0.39 is 10.1 Å². The molecule has 21 heavy (non-hydrogen) atoms. The zero-order chi connectivity index (χ0) is 14.8. The molecular formula is C16H19KO3S. The molecule has 0 amide bonds. The Hall–Kier alpha value is 0.246. The second-order valence-corrected chi connectivity index (χ2v) is 6.43. The fraction of sp³-hybridized carbons (Fsp3) is 0.375. The average molecular weight is 330 g/mol. The fourth-order valence-corrected chi connectivity index (χ4v) is 3.22. The number of rotatable bonds is 5. The zero-order valence-electron chi connectivity index (χ0n) is 12.8. The second kappa shape index (κ2) is 8.20. The van der Waals surface area contributed by atoms with Crippen molar-refractivity contribution in [2.24, 2.45) is 0 Å². The van der Waals surface area contributed by atoms with E-state index in [1.807, 2.05) is 19.1 Å². The molecule has 0 atom stereocenters. The summed E-state index contributed by atoms with van der Waals surface area (Å²) in [4.78, 5) is -0.123. The Bertz CT molecular complexity index is 724. The van der Waals surface area contributed by atoms with Gasteiger partial charge in [-0.25, -0.2) is 8.42 Å². The molecular weight excluding hydrogens is 311 g/mol. The van der Waals surface area contributed by atoms with E-state index in [4.69, 9.17) is 0 Å². The van der Waals surface area contributed by atoms with Crippen LogP contribution < -0.4 is 51.4 Å². The Morgan fingerprint density at radius 1 is 1.00 bits per heavy atom. The van der Waals surface area contributed by atoms with Crippen LogP contribution >= 0.6 is 0 Å². The van der Waals surface area contributed by atoms with Crippen molar-refractivity contribution in [3.63, 3.8) is 0 Å². The van der Waals surface area contributed by atoms with Crippen LogP contribution in [0.5, 0.6) is 0 Å². The third-order valence-electron chi connectivity index (χ3n) is 3.45. The topological polar surface area (TPSA) is 57.2 Å². The van der Waals surface area contributed by atoms with E-state index in [2.05, 4.69) is 13.0 Å². The van der Waals surface area contributed by atoms with Crippen molar-refractivity contribution in [1.82, 2.24) is 0 Å². The normalized spacial score (nSPS) is 11.4. The second-order valence-electron chi connectivity index (χ2n) is 5.05. The maximum Gasteiger partial charge on any atom is 1.00 e. The smallest absolute Gasteiger partial charge is 0.744 e. The van der Waals surface area contributed by atoms with E-state index in [0.717, 1.165) is 42.0 Å². The van der Waals surface area contributed by atoms with Gasteiger partial charge in [0.15, 0.2) is 0 Å². The maximum absolute atomic E-state index is 11.3. The standard InChI is InChI=1S/C16H20O3S.K/c1-3-6-12-8-5-9-14-11-15(20(17,18)19)10-13(7-4-2)16(12)14;/h5,8-11H,3-4,6-7H2,1-2H3,(H,17,18,19);/q;+1/p-1. The van der Waals surface area contributed by atoms with Gasteiger partial charge in [0.05, 0.1) is 4.90 Å². The van der Waals surface area contributed by atoms with Gasteiger partial charge in [0.2, 0.25) is 0 Å². The van der Waals surface area contributed by atoms with E-state index >= 15 is 0 Å². The summed E-state index contributed by atoms with van der Waals surface area (Å²) >= 11 is 0. The van der Waals surface area contributed by atoms with E-state index in [0.29, 0.717) is 0 Å². The molecule has 0 aromatic heterocycles. The third kappa shape index (κ3) is 4.61. The summed E-state index contributed by atoms with van der Waals surface area (Å²) in [6.07, 6.45) is 3.68. The Morgan fingerprint density at radius 3 is 2.19 bits per heavy atom. The van der Waals surface area contributed by atoms with Crippen LogP contribution in [-0.2, 0) is 23.0 Å². The Labute approximate surface area is 169 Å². The summed E-state index contributed by atoms with van der Waals surface area (Å²) in [6.45, 7) is 4.17. The van der Waals surface area contributed by atoms with Gasteiger partial charge in [0, 0.05) is 0 Å². The first-order valence-corrected chi connectivity index (χ1v) is 8.38. The van der Waals surface area contributed by atoms with E-state index in [9.17, 15) is 13.0 Å². The van der Waals surface area contributed by atoms with Crippen molar-refractivity contribution < 1.29 is 64.4 Å². The summed E-state index contributed by atoms with van der Waals surface area (Å²) in [5.41, 5.74) is 2.19. The van der Waals surface area contributed by atoms with Crippen LogP contribution in [0.25, 0.3) is 10.8 Å². The van der Waals surface area contributed by atoms with Crippen molar-refractivity contribution in [3.8, 4) is 0 Å². The molecule has 0 heterocycles. The largest absolute Gasteiger partial charge is 1.00 e. The van der Waals surface area contributed by atoms with Gasteiger partial charge < -0.3 is 4.55 Å². The van der Waals surface area contributed by atoms with E-state index in [1.165, 1.54) is 11.6 Å². The van der Waals surface area contributed by atoms with Gasteiger partial charge in [-0.1, -0.05) is 44.9 Å². The minimum absolute atomic E-state index is 0. The SMILES string of the molecule is CCCc1cccc2cc(S(=O)(=O)[O-])cc(CCC)c12.[K+]. The molecule has 108 valence electrons. The van der Waals surface area contributed by atoms with Crippen molar-refractivity contribution in [1.29, 1.82) is 0 Å². The predicted molar refractivity (Wildman–Crippen MR) is 79.9 cm³/mol. The molecule has 0 aliphatic carbocycles. The van der Waals surface area contributed by atoms with Gasteiger partial charge in [-0.15, -0.1) is 0 Å². The summed E-state index contributed by atoms with van der Waals surface area (Å²) < 4.78 is 33.9. The molecule has 0 radical (unpaired) electrons. The van der Waals surface area contributed by atoms with E-state index in [-0.39, 0.29) is 56.3 Å². The number of hydrogen-bond donors (Lipinski definition) is 0. The first-order valence-electron chi connectivity index (χ1n) is 6.97. The summed E-state index contributed by atoms with van der Waals surface area (Å²) in [5.74, 6) is 0. The summed E-state index contributed by atoms with van der Waals surface area (Å²) in [6, 6.07) is 8.92. The minimum Gasteiger partial charge on any atom is -0.744 e. The summed E-state index contributed by atoms with van der Waals surface area (Å²) in [5, 5.41) is 1.96. The van der Waals surface area contributed by atoms with Gasteiger partial charge in [0.25, 0.3) is 0 Å². The first kappa shape index (κ1) is 19.3. The number of fused-ring (bicyclic) bond motifs is 1. The quantitative estimate of drug-likeness (QED) is 0.597. The van der Waals surface area contributed by atoms with Crippen LogP contribution in [0.4, 0.5) is 0 Å². The molecule has 2 rings (SSSR count). The number of benzene rings is 2. The van der Waals surface area contributed by atoms with Crippen LogP contribution in [0.15, 0.2) is 35.2 Å². The van der Waals surface area contributed by atoms with Crippen molar-refractivity contribution in [2.45, 2.75) is 44.4 Å². The maximum atomic E-state index is 11.3. The van der Waals surface area contributed by atoms with Crippen molar-refractivity contribution in [3.05, 3.63) is 41.5 Å². The van der Waals surface area contributed by atoms with Crippen LogP contribution in [0, 0.1) is 0 Å². The molecule has 2 aromatic carbocycles. The number of hydrogen-bond acceptors (Lipinski definition) is 3. The molecule has 2 aromatic rings. The molecule has 0 saturated heterocycles. The van der Waals surface area contributed by atoms with Crippen molar-refractivity contribution in [2.75, 3.05) is 0 Å². The molecule has 0 N–H and O–H groups in total. The predicted octanol–water partition coefficient (Wildman–Crippen LogP) is 0.653. The Kier molecular flexibility index (Phi) is 7.53. The molecule has 0 spiro atoms. The van der Waals surface area contributed by atoms with Gasteiger partial charge >= 0.3 is 51.4 Å². The molecule has 0 aliphatic heterocycles. The minimum atomic E-state index is -4.41. The fourth-order valence-electron chi connectivity index (χ4n) is 2.66. The molecule has 0 fully saturated rings. The average Bonchev–Trinajstić information content (AvgIpc) is 2.38. The molecule has 0 bridgehead atoms. The van der Waals surface area contributed by atoms with Gasteiger partial charge in [-0.2, -0.15) is 0 Å². The monoisotopic (exact) mass is 330 g/mol. The van der Waals surface area contributed by atoms with Crippen molar-refractivity contribution >= 4 is 20.9 Å². The zero-order valence-corrected chi connectivity index (χ0v) is 16.8. The van der Waals surface area contributed by atoms with Crippen LogP contribution in [0.2, 0.25) is 0 Å². The van der Waals surface area contributed by atoms with Crippen LogP contribution in [0.1, 0.15) is 37.8 Å². The Morgan fingerprint density at radius 2 is 1.62 bits per heavy atom. The van der Waals surface area contributed by atoms with Crippen LogP contribution in [0.3, 0.4) is 0 Å². The molecule has 0 aliphatic rings. The van der Waals surface area contributed by atoms with Crippen LogP contribution in [-0.4, -0.2) is 13.0 Å². The molecule has 3 nitrogen and oxygen atoms in total. The molecule has 0 unspecified atom stereocenters.